The summed E-state index contributed by atoms with van der Waals surface area (Å²) in [6.07, 6.45) is 0. The molecule has 0 fully saturated rings. The number of benzene rings is 1. The Morgan fingerprint density at radius 1 is 1.50 bits per heavy atom. The van der Waals surface area contributed by atoms with Crippen LogP contribution in [0.4, 0.5) is 4.39 Å². The van der Waals surface area contributed by atoms with Gasteiger partial charge in [-0.3, -0.25) is 9.69 Å². The molecular formula is C13H19FN2O2. The molecule has 0 aliphatic rings. The van der Waals surface area contributed by atoms with E-state index in [4.69, 9.17) is 4.74 Å². The lowest BCUT2D eigenvalue weighted by atomic mass is 10.1. The molecule has 0 spiro atoms. The number of Topliss-reactive ketones (excluding diaryl/α,β-unsaturated/α-hetero) is 1. The van der Waals surface area contributed by atoms with Gasteiger partial charge in [-0.2, -0.15) is 0 Å². The maximum Gasteiger partial charge on any atom is 0.176 e. The van der Waals surface area contributed by atoms with Crippen molar-refractivity contribution in [3.05, 3.63) is 29.6 Å². The number of carbonyl (C=O) groups excluding carboxylic acids is 1. The van der Waals surface area contributed by atoms with Crippen molar-refractivity contribution in [2.45, 2.75) is 0 Å². The zero-order valence-corrected chi connectivity index (χ0v) is 11.0. The van der Waals surface area contributed by atoms with E-state index in [9.17, 15) is 9.18 Å². The molecule has 0 saturated heterocycles. The fourth-order valence-corrected chi connectivity index (χ4v) is 1.56. The molecule has 0 amide bonds. The van der Waals surface area contributed by atoms with Crippen LogP contribution in [-0.4, -0.2) is 51.5 Å². The molecule has 0 bridgehead atoms. The number of carbonyl (C=O) groups is 1. The van der Waals surface area contributed by atoms with Gasteiger partial charge in [-0.15, -0.1) is 0 Å². The molecular weight excluding hydrogens is 235 g/mol. The number of nitrogens with one attached hydrogen (secondary N) is 1. The highest BCUT2D eigenvalue weighted by molar-refractivity contribution is 5.97. The van der Waals surface area contributed by atoms with Crippen LogP contribution in [0.3, 0.4) is 0 Å². The molecule has 1 aromatic carbocycles. The summed E-state index contributed by atoms with van der Waals surface area (Å²) in [4.78, 5) is 13.8. The predicted molar refractivity (Wildman–Crippen MR) is 68.7 cm³/mol. The van der Waals surface area contributed by atoms with Crippen LogP contribution in [0.5, 0.6) is 5.75 Å². The topological polar surface area (TPSA) is 41.6 Å². The Bertz CT molecular complexity index is 410. The number of halogens is 1. The van der Waals surface area contributed by atoms with Crippen molar-refractivity contribution in [1.29, 1.82) is 0 Å². The summed E-state index contributed by atoms with van der Waals surface area (Å²) in [5, 5.41) is 3.01. The van der Waals surface area contributed by atoms with Crippen LogP contribution in [0.25, 0.3) is 0 Å². The van der Waals surface area contributed by atoms with E-state index in [0.29, 0.717) is 5.56 Å². The van der Waals surface area contributed by atoms with Gasteiger partial charge in [0.25, 0.3) is 0 Å². The van der Waals surface area contributed by atoms with Crippen molar-refractivity contribution in [2.75, 3.05) is 40.8 Å². The minimum Gasteiger partial charge on any atom is -0.494 e. The molecule has 0 heterocycles. The molecule has 1 aromatic rings. The van der Waals surface area contributed by atoms with Crippen LogP contribution >= 0.6 is 0 Å². The molecule has 5 heteroatoms. The van der Waals surface area contributed by atoms with Gasteiger partial charge in [-0.25, -0.2) is 4.39 Å². The van der Waals surface area contributed by atoms with Crippen LogP contribution in [0.1, 0.15) is 10.4 Å². The second-order valence-electron chi connectivity index (χ2n) is 4.11. The van der Waals surface area contributed by atoms with Gasteiger partial charge in [0, 0.05) is 18.7 Å². The normalized spacial score (nSPS) is 10.7. The van der Waals surface area contributed by atoms with Gasteiger partial charge in [0.05, 0.1) is 13.7 Å². The van der Waals surface area contributed by atoms with Crippen molar-refractivity contribution in [3.8, 4) is 5.75 Å². The molecule has 18 heavy (non-hydrogen) atoms. The van der Waals surface area contributed by atoms with Crippen LogP contribution in [0.2, 0.25) is 0 Å². The van der Waals surface area contributed by atoms with E-state index in [1.165, 1.54) is 19.2 Å². The van der Waals surface area contributed by atoms with Gasteiger partial charge < -0.3 is 10.1 Å². The Morgan fingerprint density at radius 2 is 2.22 bits per heavy atom. The van der Waals surface area contributed by atoms with Crippen LogP contribution in [0, 0.1) is 5.82 Å². The fourth-order valence-electron chi connectivity index (χ4n) is 1.56. The highest BCUT2D eigenvalue weighted by Crippen LogP contribution is 2.18. The van der Waals surface area contributed by atoms with Gasteiger partial charge in [-0.1, -0.05) is 0 Å². The Morgan fingerprint density at radius 3 is 2.78 bits per heavy atom. The van der Waals surface area contributed by atoms with E-state index in [1.54, 1.807) is 6.07 Å². The van der Waals surface area contributed by atoms with Crippen molar-refractivity contribution < 1.29 is 13.9 Å². The SMILES string of the molecule is CNCCN(C)CC(=O)c1ccc(OC)c(F)c1. The minimum absolute atomic E-state index is 0.102. The summed E-state index contributed by atoms with van der Waals surface area (Å²) in [5.41, 5.74) is 0.365. The molecule has 0 unspecified atom stereocenters. The number of hydrogen-bond donors (Lipinski definition) is 1. The van der Waals surface area contributed by atoms with Gasteiger partial charge >= 0.3 is 0 Å². The van der Waals surface area contributed by atoms with Crippen molar-refractivity contribution in [2.24, 2.45) is 0 Å². The smallest absolute Gasteiger partial charge is 0.176 e. The zero-order chi connectivity index (χ0) is 13.5. The first-order valence-electron chi connectivity index (χ1n) is 5.78. The standard InChI is InChI=1S/C13H19FN2O2/c1-15-6-7-16(2)9-12(17)10-4-5-13(18-3)11(14)8-10/h4-5,8,15H,6-7,9H2,1-3H3. The average Bonchev–Trinajstić information content (AvgIpc) is 2.36. The number of ether oxygens (including phenoxy) is 1. The molecule has 0 aliphatic carbocycles. The molecule has 100 valence electrons. The van der Waals surface area contributed by atoms with Gasteiger partial charge in [0.1, 0.15) is 0 Å². The summed E-state index contributed by atoms with van der Waals surface area (Å²) in [6, 6.07) is 4.26. The fraction of sp³-hybridized carbons (Fsp3) is 0.462. The summed E-state index contributed by atoms with van der Waals surface area (Å²) in [6.45, 7) is 1.84. The number of ketones is 1. The summed E-state index contributed by atoms with van der Waals surface area (Å²) < 4.78 is 18.3. The first-order valence-corrected chi connectivity index (χ1v) is 5.78. The molecule has 1 N–H and O–H groups in total. The number of methoxy groups -OCH3 is 1. The lowest BCUT2D eigenvalue weighted by Gasteiger charge is -2.15. The quantitative estimate of drug-likeness (QED) is 0.742. The monoisotopic (exact) mass is 254 g/mol. The third-order valence-corrected chi connectivity index (χ3v) is 2.63. The van der Waals surface area contributed by atoms with E-state index in [1.807, 2.05) is 19.0 Å². The molecule has 0 saturated carbocycles. The molecule has 0 atom stereocenters. The first-order chi connectivity index (χ1) is 8.58. The summed E-state index contributed by atoms with van der Waals surface area (Å²) in [7, 11) is 5.11. The molecule has 0 aliphatic heterocycles. The average molecular weight is 254 g/mol. The number of hydrogen-bond acceptors (Lipinski definition) is 4. The number of rotatable bonds is 7. The van der Waals surface area contributed by atoms with E-state index >= 15 is 0 Å². The van der Waals surface area contributed by atoms with E-state index in [0.717, 1.165) is 13.1 Å². The first kappa shape index (κ1) is 14.6. The third-order valence-electron chi connectivity index (χ3n) is 2.63. The van der Waals surface area contributed by atoms with Gasteiger partial charge in [0.15, 0.2) is 17.3 Å². The number of likely N-dealkylation sites (N-methyl/N-ethyl adjacent to an activating group) is 2. The summed E-state index contributed by atoms with van der Waals surface area (Å²) in [5.74, 6) is -0.466. The Balaban J connectivity index is 2.64. The van der Waals surface area contributed by atoms with E-state index in [2.05, 4.69) is 5.32 Å². The Kier molecular flexibility index (Phi) is 5.74. The van der Waals surface area contributed by atoms with Crippen molar-refractivity contribution >= 4 is 5.78 Å². The van der Waals surface area contributed by atoms with Gasteiger partial charge in [0.2, 0.25) is 0 Å². The third kappa shape index (κ3) is 4.09. The van der Waals surface area contributed by atoms with Gasteiger partial charge in [-0.05, 0) is 32.3 Å². The Hall–Kier alpha value is -1.46. The van der Waals surface area contributed by atoms with Crippen molar-refractivity contribution in [3.63, 3.8) is 0 Å². The molecule has 0 aromatic heterocycles. The van der Waals surface area contributed by atoms with E-state index < -0.39 is 5.82 Å². The Labute approximate surface area is 107 Å². The van der Waals surface area contributed by atoms with Crippen molar-refractivity contribution in [1.82, 2.24) is 10.2 Å². The maximum absolute atomic E-state index is 13.5. The minimum atomic E-state index is -0.513. The van der Waals surface area contributed by atoms with Crippen LogP contribution in [-0.2, 0) is 0 Å². The molecule has 4 nitrogen and oxygen atoms in total. The molecule has 1 rings (SSSR count). The number of nitrogens with zero attached hydrogens (tertiary/aromatic N) is 1. The maximum atomic E-state index is 13.5. The van der Waals surface area contributed by atoms with E-state index in [-0.39, 0.29) is 18.1 Å². The highest BCUT2D eigenvalue weighted by Gasteiger charge is 2.12. The highest BCUT2D eigenvalue weighted by atomic mass is 19.1. The molecule has 0 radical (unpaired) electrons. The predicted octanol–water partition coefficient (Wildman–Crippen LogP) is 1.17. The second kappa shape index (κ2) is 7.08. The summed E-state index contributed by atoms with van der Waals surface area (Å²) >= 11 is 0. The lowest BCUT2D eigenvalue weighted by molar-refractivity contribution is 0.0946. The zero-order valence-electron chi connectivity index (χ0n) is 11.0. The lowest BCUT2D eigenvalue weighted by Crippen LogP contribution is -2.31. The second-order valence-corrected chi connectivity index (χ2v) is 4.11. The van der Waals surface area contributed by atoms with Crippen LogP contribution < -0.4 is 10.1 Å². The van der Waals surface area contributed by atoms with Crippen LogP contribution in [0.15, 0.2) is 18.2 Å². The largest absolute Gasteiger partial charge is 0.494 e.